The lowest BCUT2D eigenvalue weighted by atomic mass is 10.2. The molecule has 2 aromatic carbocycles. The van der Waals surface area contributed by atoms with E-state index in [0.717, 1.165) is 11.3 Å². The van der Waals surface area contributed by atoms with Gasteiger partial charge in [-0.1, -0.05) is 48.5 Å². The van der Waals surface area contributed by atoms with Crippen molar-refractivity contribution < 1.29 is 4.92 Å². The molecule has 0 aliphatic carbocycles. The summed E-state index contributed by atoms with van der Waals surface area (Å²) < 4.78 is 0. The molecule has 0 fully saturated rings. The summed E-state index contributed by atoms with van der Waals surface area (Å²) in [6, 6.07) is 17.0. The Kier molecular flexibility index (Phi) is 4.36. The first kappa shape index (κ1) is 12.6. The first-order valence-electron chi connectivity index (χ1n) is 5.61. The van der Waals surface area contributed by atoms with Crippen LogP contribution in [0.25, 0.3) is 0 Å². The van der Waals surface area contributed by atoms with Crippen LogP contribution in [0.5, 0.6) is 0 Å². The molecule has 2 rings (SSSR count). The number of hydrogen-bond donors (Lipinski definition) is 0. The molecule has 0 aliphatic rings. The van der Waals surface area contributed by atoms with Crippen LogP contribution in [0.3, 0.4) is 0 Å². The van der Waals surface area contributed by atoms with Gasteiger partial charge in [0.05, 0.1) is 4.92 Å². The van der Waals surface area contributed by atoms with E-state index < -0.39 is 0 Å². The van der Waals surface area contributed by atoms with Crippen LogP contribution in [0.2, 0.25) is 0 Å². The van der Waals surface area contributed by atoms with Gasteiger partial charge in [0.1, 0.15) is 0 Å². The van der Waals surface area contributed by atoms with Gasteiger partial charge < -0.3 is 0 Å². The smallest absolute Gasteiger partial charge is 0.258 e. The molecule has 4 heteroatoms. The van der Waals surface area contributed by atoms with E-state index in [2.05, 4.69) is 12.1 Å². The van der Waals surface area contributed by atoms with Gasteiger partial charge >= 0.3 is 0 Å². The summed E-state index contributed by atoms with van der Waals surface area (Å²) in [5, 5.41) is 10.9. The molecular formula is C14H13NO2S. The Balaban J connectivity index is 1.97. The minimum atomic E-state index is -0.321. The quantitative estimate of drug-likeness (QED) is 0.601. The van der Waals surface area contributed by atoms with Gasteiger partial charge in [-0.2, -0.15) is 11.8 Å². The van der Waals surface area contributed by atoms with Crippen LogP contribution in [0, 0.1) is 10.1 Å². The van der Waals surface area contributed by atoms with Crippen molar-refractivity contribution in [3.63, 3.8) is 0 Å². The molecule has 0 spiro atoms. The van der Waals surface area contributed by atoms with Crippen molar-refractivity contribution in [1.29, 1.82) is 0 Å². The molecule has 0 saturated heterocycles. The zero-order valence-corrected chi connectivity index (χ0v) is 10.6. The number of para-hydroxylation sites is 1. The van der Waals surface area contributed by atoms with Gasteiger partial charge in [0.15, 0.2) is 0 Å². The van der Waals surface area contributed by atoms with Gasteiger partial charge in [0, 0.05) is 23.1 Å². The lowest BCUT2D eigenvalue weighted by molar-refractivity contribution is -0.385. The van der Waals surface area contributed by atoms with E-state index in [4.69, 9.17) is 0 Å². The minimum absolute atomic E-state index is 0.207. The molecule has 0 bridgehead atoms. The van der Waals surface area contributed by atoms with E-state index in [1.54, 1.807) is 23.9 Å². The predicted molar refractivity (Wildman–Crippen MR) is 74.5 cm³/mol. The molecule has 0 aliphatic heterocycles. The second-order valence-electron chi connectivity index (χ2n) is 3.86. The third-order valence-electron chi connectivity index (χ3n) is 2.56. The van der Waals surface area contributed by atoms with Crippen molar-refractivity contribution >= 4 is 17.4 Å². The number of nitro benzene ring substituents is 1. The predicted octanol–water partition coefficient (Wildman–Crippen LogP) is 4.03. The number of benzene rings is 2. The van der Waals surface area contributed by atoms with Crippen LogP contribution in [0.15, 0.2) is 54.6 Å². The van der Waals surface area contributed by atoms with E-state index in [1.807, 2.05) is 30.3 Å². The van der Waals surface area contributed by atoms with Crippen LogP contribution >= 0.6 is 11.8 Å². The zero-order chi connectivity index (χ0) is 12.8. The van der Waals surface area contributed by atoms with Gasteiger partial charge in [-0.15, -0.1) is 0 Å². The fourth-order valence-electron chi connectivity index (χ4n) is 1.66. The van der Waals surface area contributed by atoms with Gasteiger partial charge in [0.2, 0.25) is 0 Å². The monoisotopic (exact) mass is 259 g/mol. The van der Waals surface area contributed by atoms with Crippen molar-refractivity contribution in [2.24, 2.45) is 0 Å². The molecule has 3 nitrogen and oxygen atoms in total. The van der Waals surface area contributed by atoms with Crippen molar-refractivity contribution in [2.75, 3.05) is 0 Å². The van der Waals surface area contributed by atoms with E-state index in [1.165, 1.54) is 5.56 Å². The van der Waals surface area contributed by atoms with E-state index in [0.29, 0.717) is 5.75 Å². The number of rotatable bonds is 5. The van der Waals surface area contributed by atoms with Crippen molar-refractivity contribution in [3.05, 3.63) is 75.8 Å². The van der Waals surface area contributed by atoms with Crippen LogP contribution in [-0.4, -0.2) is 4.92 Å². The summed E-state index contributed by atoms with van der Waals surface area (Å²) in [5.41, 5.74) is 2.22. The Morgan fingerprint density at radius 3 is 2.33 bits per heavy atom. The second kappa shape index (κ2) is 6.21. The average Bonchev–Trinajstić information content (AvgIpc) is 2.40. The zero-order valence-electron chi connectivity index (χ0n) is 9.78. The molecule has 0 unspecified atom stereocenters. The molecule has 0 atom stereocenters. The first-order valence-corrected chi connectivity index (χ1v) is 6.77. The average molecular weight is 259 g/mol. The van der Waals surface area contributed by atoms with Crippen molar-refractivity contribution in [3.8, 4) is 0 Å². The third kappa shape index (κ3) is 3.34. The maximum atomic E-state index is 10.9. The molecule has 0 amide bonds. The van der Waals surface area contributed by atoms with E-state index >= 15 is 0 Å². The molecule has 2 aromatic rings. The molecule has 0 aromatic heterocycles. The van der Waals surface area contributed by atoms with Gasteiger partial charge in [-0.25, -0.2) is 0 Å². The van der Waals surface area contributed by atoms with Crippen LogP contribution in [0.1, 0.15) is 11.1 Å². The molecule has 0 heterocycles. The maximum absolute atomic E-state index is 10.9. The largest absolute Gasteiger partial charge is 0.273 e. The Labute approximate surface area is 110 Å². The number of hydrogen-bond acceptors (Lipinski definition) is 3. The highest BCUT2D eigenvalue weighted by atomic mass is 32.2. The summed E-state index contributed by atoms with van der Waals surface area (Å²) in [6.07, 6.45) is 0. The van der Waals surface area contributed by atoms with Gasteiger partial charge in [0.25, 0.3) is 5.69 Å². The summed E-state index contributed by atoms with van der Waals surface area (Å²) in [7, 11) is 0. The molecule has 0 N–H and O–H groups in total. The highest BCUT2D eigenvalue weighted by Gasteiger charge is 2.11. The van der Waals surface area contributed by atoms with Crippen LogP contribution < -0.4 is 0 Å². The first-order chi connectivity index (χ1) is 8.77. The molecule has 18 heavy (non-hydrogen) atoms. The molecule has 0 saturated carbocycles. The SMILES string of the molecule is O=[N+]([O-])c1ccccc1CSCc1ccccc1. The minimum Gasteiger partial charge on any atom is -0.258 e. The molecule has 92 valence electrons. The third-order valence-corrected chi connectivity index (χ3v) is 3.61. The second-order valence-corrected chi connectivity index (χ2v) is 4.85. The Morgan fingerprint density at radius 2 is 1.61 bits per heavy atom. The van der Waals surface area contributed by atoms with Crippen molar-refractivity contribution in [1.82, 2.24) is 0 Å². The normalized spacial score (nSPS) is 10.2. The maximum Gasteiger partial charge on any atom is 0.273 e. The standard InChI is InChI=1S/C14H13NO2S/c16-15(17)14-9-5-4-8-13(14)11-18-10-12-6-2-1-3-7-12/h1-9H,10-11H2. The summed E-state index contributed by atoms with van der Waals surface area (Å²) in [5.74, 6) is 1.53. The number of nitrogens with zero attached hydrogens (tertiary/aromatic N) is 1. The Bertz CT molecular complexity index is 528. The van der Waals surface area contributed by atoms with Crippen LogP contribution in [-0.2, 0) is 11.5 Å². The Hall–Kier alpha value is -1.81. The van der Waals surface area contributed by atoms with E-state index in [9.17, 15) is 10.1 Å². The number of thioether (sulfide) groups is 1. The topological polar surface area (TPSA) is 43.1 Å². The fraction of sp³-hybridized carbons (Fsp3) is 0.143. The highest BCUT2D eigenvalue weighted by Crippen LogP contribution is 2.24. The van der Waals surface area contributed by atoms with Gasteiger partial charge in [-0.3, -0.25) is 10.1 Å². The highest BCUT2D eigenvalue weighted by molar-refractivity contribution is 7.97. The molecular weight excluding hydrogens is 246 g/mol. The summed E-state index contributed by atoms with van der Waals surface area (Å²) in [6.45, 7) is 0. The fourth-order valence-corrected chi connectivity index (χ4v) is 2.66. The van der Waals surface area contributed by atoms with E-state index in [-0.39, 0.29) is 10.6 Å². The lowest BCUT2D eigenvalue weighted by Crippen LogP contribution is -1.93. The summed E-state index contributed by atoms with van der Waals surface area (Å²) in [4.78, 5) is 10.5. The Morgan fingerprint density at radius 1 is 0.944 bits per heavy atom. The lowest BCUT2D eigenvalue weighted by Gasteiger charge is -2.03. The van der Waals surface area contributed by atoms with Crippen LogP contribution in [0.4, 0.5) is 5.69 Å². The summed E-state index contributed by atoms with van der Waals surface area (Å²) >= 11 is 1.69. The molecule has 0 radical (unpaired) electrons. The van der Waals surface area contributed by atoms with Gasteiger partial charge in [-0.05, 0) is 5.56 Å². The number of nitro groups is 1. The van der Waals surface area contributed by atoms with Crippen molar-refractivity contribution in [2.45, 2.75) is 11.5 Å².